The molecule has 0 spiro atoms. The zero-order valence-electron chi connectivity index (χ0n) is 14.4. The maximum Gasteiger partial charge on any atom is 0.240 e. The van der Waals surface area contributed by atoms with Gasteiger partial charge in [0.2, 0.25) is 11.8 Å². The molecule has 0 aromatic carbocycles. The van der Waals surface area contributed by atoms with Gasteiger partial charge < -0.3 is 20.4 Å². The highest BCUT2D eigenvalue weighted by Gasteiger charge is 2.41. The van der Waals surface area contributed by atoms with Crippen molar-refractivity contribution in [1.82, 2.24) is 20.4 Å². The third-order valence-electron chi connectivity index (χ3n) is 5.65. The summed E-state index contributed by atoms with van der Waals surface area (Å²) in [6.07, 6.45) is 4.22. The van der Waals surface area contributed by atoms with Crippen LogP contribution in [-0.4, -0.2) is 73.0 Å². The van der Waals surface area contributed by atoms with Crippen LogP contribution in [0.5, 0.6) is 0 Å². The Hall–Kier alpha value is -1.14. The van der Waals surface area contributed by atoms with Gasteiger partial charge in [0.15, 0.2) is 0 Å². The van der Waals surface area contributed by atoms with Crippen molar-refractivity contribution in [1.29, 1.82) is 0 Å². The first-order chi connectivity index (χ1) is 11.0. The fourth-order valence-corrected chi connectivity index (χ4v) is 4.23. The molecule has 3 saturated heterocycles. The van der Waals surface area contributed by atoms with E-state index in [1.54, 1.807) is 0 Å². The van der Waals surface area contributed by atoms with E-state index >= 15 is 0 Å². The molecular formula is C17H30N4O2. The van der Waals surface area contributed by atoms with Crippen LogP contribution in [0.4, 0.5) is 0 Å². The summed E-state index contributed by atoms with van der Waals surface area (Å²) >= 11 is 0. The molecule has 2 atom stereocenters. The van der Waals surface area contributed by atoms with Crippen molar-refractivity contribution >= 4 is 11.8 Å². The van der Waals surface area contributed by atoms with Crippen molar-refractivity contribution in [3.63, 3.8) is 0 Å². The maximum absolute atomic E-state index is 13.0. The Kier molecular flexibility index (Phi) is 4.92. The van der Waals surface area contributed by atoms with Crippen molar-refractivity contribution in [2.75, 3.05) is 39.3 Å². The van der Waals surface area contributed by atoms with E-state index in [1.807, 2.05) is 9.80 Å². The summed E-state index contributed by atoms with van der Waals surface area (Å²) in [5.41, 5.74) is 0.00708. The maximum atomic E-state index is 13.0. The molecule has 0 aromatic rings. The first-order valence-electron chi connectivity index (χ1n) is 9.01. The predicted octanol–water partition coefficient (Wildman–Crippen LogP) is 0.187. The number of carbonyl (C=O) groups is 2. The number of piperazine rings is 1. The minimum absolute atomic E-state index is 0.00708. The number of likely N-dealkylation sites (tertiary alicyclic amines) is 1. The first kappa shape index (κ1) is 16.7. The average Bonchev–Trinajstić information content (AvgIpc) is 2.54. The SMILES string of the molecule is CC1(C)CCCN[C@@H]1C(=O)N1CCC[C@@H](N2CCNCC2=O)C1. The van der Waals surface area contributed by atoms with Crippen LogP contribution < -0.4 is 10.6 Å². The molecule has 6 nitrogen and oxygen atoms in total. The Morgan fingerprint density at radius 2 is 2.04 bits per heavy atom. The molecule has 23 heavy (non-hydrogen) atoms. The van der Waals surface area contributed by atoms with E-state index in [-0.39, 0.29) is 29.3 Å². The average molecular weight is 322 g/mol. The molecule has 3 aliphatic rings. The van der Waals surface area contributed by atoms with Crippen molar-refractivity contribution in [2.24, 2.45) is 5.41 Å². The van der Waals surface area contributed by atoms with E-state index in [0.717, 1.165) is 51.9 Å². The zero-order valence-corrected chi connectivity index (χ0v) is 14.4. The molecule has 0 unspecified atom stereocenters. The molecule has 3 heterocycles. The summed E-state index contributed by atoms with van der Waals surface area (Å²) in [5, 5.41) is 6.55. The van der Waals surface area contributed by atoms with Gasteiger partial charge in [-0.25, -0.2) is 0 Å². The lowest BCUT2D eigenvalue weighted by Gasteiger charge is -2.45. The molecule has 2 amide bonds. The third kappa shape index (κ3) is 3.53. The number of hydrogen-bond donors (Lipinski definition) is 2. The van der Waals surface area contributed by atoms with Crippen molar-refractivity contribution in [3.05, 3.63) is 0 Å². The van der Waals surface area contributed by atoms with Crippen LogP contribution in [-0.2, 0) is 9.59 Å². The van der Waals surface area contributed by atoms with Crippen LogP contribution in [0.25, 0.3) is 0 Å². The lowest BCUT2D eigenvalue weighted by molar-refractivity contribution is -0.143. The number of nitrogens with zero attached hydrogens (tertiary/aromatic N) is 2. The van der Waals surface area contributed by atoms with Crippen LogP contribution >= 0.6 is 0 Å². The Morgan fingerprint density at radius 3 is 2.78 bits per heavy atom. The van der Waals surface area contributed by atoms with Crippen LogP contribution in [0.2, 0.25) is 0 Å². The monoisotopic (exact) mass is 322 g/mol. The molecule has 0 bridgehead atoms. The molecule has 0 aromatic heterocycles. The highest BCUT2D eigenvalue weighted by atomic mass is 16.2. The first-order valence-corrected chi connectivity index (χ1v) is 9.01. The third-order valence-corrected chi connectivity index (χ3v) is 5.65. The quantitative estimate of drug-likeness (QED) is 0.762. The Morgan fingerprint density at radius 1 is 1.22 bits per heavy atom. The lowest BCUT2D eigenvalue weighted by Crippen LogP contribution is -2.61. The van der Waals surface area contributed by atoms with Gasteiger partial charge in [-0.2, -0.15) is 0 Å². The molecule has 3 fully saturated rings. The van der Waals surface area contributed by atoms with E-state index in [0.29, 0.717) is 13.1 Å². The summed E-state index contributed by atoms with van der Waals surface area (Å²) in [7, 11) is 0. The number of piperidine rings is 2. The van der Waals surface area contributed by atoms with Crippen LogP contribution in [0.1, 0.15) is 39.5 Å². The molecular weight excluding hydrogens is 292 g/mol. The molecule has 0 aliphatic carbocycles. The van der Waals surface area contributed by atoms with Crippen LogP contribution in [0.15, 0.2) is 0 Å². The fourth-order valence-electron chi connectivity index (χ4n) is 4.23. The van der Waals surface area contributed by atoms with Crippen molar-refractivity contribution < 1.29 is 9.59 Å². The second kappa shape index (κ2) is 6.77. The van der Waals surface area contributed by atoms with E-state index in [4.69, 9.17) is 0 Å². The van der Waals surface area contributed by atoms with Gasteiger partial charge in [-0.1, -0.05) is 13.8 Å². The second-order valence-electron chi connectivity index (χ2n) is 7.82. The van der Waals surface area contributed by atoms with E-state index in [1.165, 1.54) is 0 Å². The molecule has 3 rings (SSSR count). The van der Waals surface area contributed by atoms with E-state index in [2.05, 4.69) is 24.5 Å². The van der Waals surface area contributed by atoms with Gasteiger partial charge in [0, 0.05) is 32.2 Å². The van der Waals surface area contributed by atoms with Gasteiger partial charge in [-0.3, -0.25) is 9.59 Å². The topological polar surface area (TPSA) is 64.7 Å². The zero-order chi connectivity index (χ0) is 16.4. The Labute approximate surface area is 139 Å². The number of rotatable bonds is 2. The lowest BCUT2D eigenvalue weighted by atomic mass is 9.77. The number of amides is 2. The smallest absolute Gasteiger partial charge is 0.240 e. The minimum Gasteiger partial charge on any atom is -0.339 e. The summed E-state index contributed by atoms with van der Waals surface area (Å²) < 4.78 is 0. The molecule has 3 aliphatic heterocycles. The highest BCUT2D eigenvalue weighted by molar-refractivity contribution is 5.83. The fraction of sp³-hybridized carbons (Fsp3) is 0.882. The number of nitrogens with one attached hydrogen (secondary N) is 2. The van der Waals surface area contributed by atoms with Gasteiger partial charge in [-0.15, -0.1) is 0 Å². The molecule has 6 heteroatoms. The Balaban J connectivity index is 1.65. The summed E-state index contributed by atoms with van der Waals surface area (Å²) in [6.45, 7) is 8.86. The van der Waals surface area contributed by atoms with Gasteiger partial charge in [0.1, 0.15) is 0 Å². The van der Waals surface area contributed by atoms with Gasteiger partial charge in [0.25, 0.3) is 0 Å². The second-order valence-corrected chi connectivity index (χ2v) is 7.82. The minimum atomic E-state index is -0.0891. The van der Waals surface area contributed by atoms with E-state index in [9.17, 15) is 9.59 Å². The van der Waals surface area contributed by atoms with Crippen molar-refractivity contribution in [3.8, 4) is 0 Å². The van der Waals surface area contributed by atoms with Crippen molar-refractivity contribution in [2.45, 2.75) is 51.6 Å². The van der Waals surface area contributed by atoms with Crippen LogP contribution in [0.3, 0.4) is 0 Å². The number of carbonyl (C=O) groups excluding carboxylic acids is 2. The normalized spacial score (nSPS) is 32.0. The largest absolute Gasteiger partial charge is 0.339 e. The molecule has 0 radical (unpaired) electrons. The van der Waals surface area contributed by atoms with Gasteiger partial charge in [0.05, 0.1) is 12.6 Å². The standard InChI is InChI=1S/C17H30N4O2/c1-17(2)6-4-7-19-15(17)16(23)20-9-3-5-13(12-20)21-10-8-18-11-14(21)22/h13,15,18-19H,3-12H2,1-2H3/t13-,15-/m1/s1. The van der Waals surface area contributed by atoms with Gasteiger partial charge >= 0.3 is 0 Å². The predicted molar refractivity (Wildman–Crippen MR) is 89.0 cm³/mol. The summed E-state index contributed by atoms with van der Waals surface area (Å²) in [6, 6.07) is 0.0997. The highest BCUT2D eigenvalue weighted by Crippen LogP contribution is 2.32. The summed E-state index contributed by atoms with van der Waals surface area (Å²) in [5.74, 6) is 0.397. The van der Waals surface area contributed by atoms with Gasteiger partial charge in [-0.05, 0) is 37.6 Å². The molecule has 0 saturated carbocycles. The van der Waals surface area contributed by atoms with E-state index < -0.39 is 0 Å². The molecule has 130 valence electrons. The summed E-state index contributed by atoms with van der Waals surface area (Å²) in [4.78, 5) is 29.1. The Bertz CT molecular complexity index is 466. The molecule has 2 N–H and O–H groups in total. The van der Waals surface area contributed by atoms with Crippen LogP contribution in [0, 0.1) is 5.41 Å². The number of hydrogen-bond acceptors (Lipinski definition) is 4.